The van der Waals surface area contributed by atoms with Gasteiger partial charge in [0.05, 0.1) is 12.0 Å². The fourth-order valence-corrected chi connectivity index (χ4v) is 2.96. The highest BCUT2D eigenvalue weighted by Crippen LogP contribution is 2.38. The lowest BCUT2D eigenvalue weighted by Gasteiger charge is -2.29. The van der Waals surface area contributed by atoms with E-state index in [2.05, 4.69) is 0 Å². The molecule has 0 N–H and O–H groups in total. The molecule has 0 bridgehead atoms. The van der Waals surface area contributed by atoms with E-state index in [1.807, 2.05) is 31.2 Å². The Morgan fingerprint density at radius 2 is 1.92 bits per heavy atom. The average Bonchev–Trinajstić information content (AvgIpc) is 3.47. The molecule has 25 heavy (non-hydrogen) atoms. The molecular formula is C19H20N2O4. The first-order chi connectivity index (χ1) is 12.0. The number of carbonyl (C=O) groups excluding carboxylic acids is 1. The van der Waals surface area contributed by atoms with Gasteiger partial charge in [0.2, 0.25) is 0 Å². The van der Waals surface area contributed by atoms with Gasteiger partial charge in [0.15, 0.2) is 0 Å². The summed E-state index contributed by atoms with van der Waals surface area (Å²) in [5.74, 6) is 0.948. The fraction of sp³-hybridized carbons (Fsp3) is 0.316. The smallest absolute Gasteiger partial charge is 0.270 e. The van der Waals surface area contributed by atoms with Crippen molar-refractivity contribution in [3.63, 3.8) is 0 Å². The van der Waals surface area contributed by atoms with Crippen molar-refractivity contribution in [3.8, 4) is 5.75 Å². The zero-order chi connectivity index (χ0) is 18.0. The van der Waals surface area contributed by atoms with Crippen LogP contribution in [-0.2, 0) is 0 Å². The SMILES string of the molecule is COc1ccc(N(C(=O)c2cccc([N+](=O)[O-])c2)[C@@H](C)C2CC2)cc1. The van der Waals surface area contributed by atoms with Crippen molar-refractivity contribution in [1.82, 2.24) is 0 Å². The van der Waals surface area contributed by atoms with Crippen molar-refractivity contribution in [2.75, 3.05) is 12.0 Å². The minimum atomic E-state index is -0.487. The number of nitro benzene ring substituents is 1. The van der Waals surface area contributed by atoms with E-state index in [0.717, 1.165) is 18.5 Å². The Balaban J connectivity index is 1.97. The van der Waals surface area contributed by atoms with Crippen LogP contribution < -0.4 is 9.64 Å². The molecule has 1 aliphatic rings. The van der Waals surface area contributed by atoms with Crippen molar-refractivity contribution in [1.29, 1.82) is 0 Å². The van der Waals surface area contributed by atoms with Gasteiger partial charge in [-0.25, -0.2) is 0 Å². The van der Waals surface area contributed by atoms with E-state index >= 15 is 0 Å². The maximum absolute atomic E-state index is 13.1. The first-order valence-electron chi connectivity index (χ1n) is 8.23. The standard InChI is InChI=1S/C19H20N2O4/c1-13(14-6-7-14)20(16-8-10-18(25-2)11-9-16)19(22)15-4-3-5-17(12-15)21(23)24/h3-5,8-14H,6-7H2,1-2H3/t13-/m0/s1. The second-order valence-corrected chi connectivity index (χ2v) is 6.26. The summed E-state index contributed by atoms with van der Waals surface area (Å²) in [5.41, 5.74) is 0.994. The van der Waals surface area contributed by atoms with Crippen LogP contribution >= 0.6 is 0 Å². The summed E-state index contributed by atoms with van der Waals surface area (Å²) in [6.07, 6.45) is 2.19. The van der Waals surface area contributed by atoms with Gasteiger partial charge in [-0.05, 0) is 56.0 Å². The van der Waals surface area contributed by atoms with E-state index in [1.54, 1.807) is 24.1 Å². The predicted molar refractivity (Wildman–Crippen MR) is 95.1 cm³/mol. The van der Waals surface area contributed by atoms with Gasteiger partial charge in [0, 0.05) is 29.4 Å². The lowest BCUT2D eigenvalue weighted by molar-refractivity contribution is -0.384. The molecule has 0 radical (unpaired) electrons. The highest BCUT2D eigenvalue weighted by molar-refractivity contribution is 6.06. The highest BCUT2D eigenvalue weighted by atomic mass is 16.6. The van der Waals surface area contributed by atoms with Gasteiger partial charge < -0.3 is 9.64 Å². The summed E-state index contributed by atoms with van der Waals surface area (Å²) in [7, 11) is 1.59. The number of benzene rings is 2. The number of anilines is 1. The molecule has 130 valence electrons. The number of nitrogens with zero attached hydrogens (tertiary/aromatic N) is 2. The van der Waals surface area contributed by atoms with E-state index in [9.17, 15) is 14.9 Å². The third-order valence-corrected chi connectivity index (χ3v) is 4.58. The van der Waals surface area contributed by atoms with Crippen molar-refractivity contribution in [3.05, 3.63) is 64.2 Å². The average molecular weight is 340 g/mol. The molecule has 1 fully saturated rings. The maximum atomic E-state index is 13.1. The molecule has 6 nitrogen and oxygen atoms in total. The normalized spacial score (nSPS) is 14.6. The number of methoxy groups -OCH3 is 1. The maximum Gasteiger partial charge on any atom is 0.270 e. The van der Waals surface area contributed by atoms with Crippen LogP contribution in [0.4, 0.5) is 11.4 Å². The van der Waals surface area contributed by atoms with Crippen LogP contribution in [0.1, 0.15) is 30.1 Å². The van der Waals surface area contributed by atoms with Gasteiger partial charge in [-0.2, -0.15) is 0 Å². The van der Waals surface area contributed by atoms with Crippen LogP contribution in [0.25, 0.3) is 0 Å². The topological polar surface area (TPSA) is 72.7 Å². The summed E-state index contributed by atoms with van der Waals surface area (Å²) in [4.78, 5) is 25.4. The molecule has 1 aliphatic carbocycles. The molecule has 1 saturated carbocycles. The summed E-state index contributed by atoms with van der Waals surface area (Å²) in [6, 6.07) is 13.2. The minimum absolute atomic E-state index is 0.0279. The van der Waals surface area contributed by atoms with Crippen LogP contribution in [0.3, 0.4) is 0 Å². The van der Waals surface area contributed by atoms with E-state index < -0.39 is 4.92 Å². The van der Waals surface area contributed by atoms with Crippen LogP contribution in [0.15, 0.2) is 48.5 Å². The minimum Gasteiger partial charge on any atom is -0.497 e. The van der Waals surface area contributed by atoms with Crippen molar-refractivity contribution < 1.29 is 14.5 Å². The Morgan fingerprint density at radius 3 is 2.48 bits per heavy atom. The highest BCUT2D eigenvalue weighted by Gasteiger charge is 2.35. The second kappa shape index (κ2) is 6.93. The number of nitro groups is 1. The Hall–Kier alpha value is -2.89. The van der Waals surface area contributed by atoms with E-state index in [1.165, 1.54) is 12.1 Å². The number of ether oxygens (including phenoxy) is 1. The molecule has 2 aromatic rings. The zero-order valence-corrected chi connectivity index (χ0v) is 14.2. The van der Waals surface area contributed by atoms with E-state index in [-0.39, 0.29) is 17.6 Å². The number of non-ortho nitro benzene ring substituents is 1. The Morgan fingerprint density at radius 1 is 1.24 bits per heavy atom. The number of amides is 1. The summed E-state index contributed by atoms with van der Waals surface area (Å²) >= 11 is 0. The van der Waals surface area contributed by atoms with Crippen molar-refractivity contribution >= 4 is 17.3 Å². The van der Waals surface area contributed by atoms with Crippen molar-refractivity contribution in [2.24, 2.45) is 5.92 Å². The first-order valence-corrected chi connectivity index (χ1v) is 8.23. The molecular weight excluding hydrogens is 320 g/mol. The van der Waals surface area contributed by atoms with Crippen LogP contribution in [0.2, 0.25) is 0 Å². The van der Waals surface area contributed by atoms with Crippen LogP contribution in [0.5, 0.6) is 5.75 Å². The molecule has 0 heterocycles. The molecule has 0 saturated heterocycles. The summed E-state index contributed by atoms with van der Waals surface area (Å²) in [5, 5.41) is 11.0. The molecule has 2 aromatic carbocycles. The van der Waals surface area contributed by atoms with Gasteiger partial charge in [-0.3, -0.25) is 14.9 Å². The fourth-order valence-electron chi connectivity index (χ4n) is 2.96. The number of carbonyl (C=O) groups is 1. The number of hydrogen-bond acceptors (Lipinski definition) is 4. The Bertz CT molecular complexity index is 784. The zero-order valence-electron chi connectivity index (χ0n) is 14.2. The van der Waals surface area contributed by atoms with E-state index in [0.29, 0.717) is 17.2 Å². The molecule has 1 atom stereocenters. The van der Waals surface area contributed by atoms with Gasteiger partial charge in [-0.15, -0.1) is 0 Å². The first kappa shape index (κ1) is 17.0. The van der Waals surface area contributed by atoms with Gasteiger partial charge in [0.1, 0.15) is 5.75 Å². The van der Waals surface area contributed by atoms with Gasteiger partial charge >= 0.3 is 0 Å². The van der Waals surface area contributed by atoms with Gasteiger partial charge in [0.25, 0.3) is 11.6 Å². The van der Waals surface area contributed by atoms with Crippen LogP contribution in [-0.4, -0.2) is 24.0 Å². The summed E-state index contributed by atoms with van der Waals surface area (Å²) in [6.45, 7) is 2.02. The quantitative estimate of drug-likeness (QED) is 0.587. The largest absolute Gasteiger partial charge is 0.497 e. The molecule has 3 rings (SSSR count). The molecule has 1 amide bonds. The monoisotopic (exact) mass is 340 g/mol. The van der Waals surface area contributed by atoms with Crippen LogP contribution in [0, 0.1) is 16.0 Å². The van der Waals surface area contributed by atoms with Gasteiger partial charge in [-0.1, -0.05) is 6.07 Å². The lowest BCUT2D eigenvalue weighted by Crippen LogP contribution is -2.40. The second-order valence-electron chi connectivity index (χ2n) is 6.26. The lowest BCUT2D eigenvalue weighted by atomic mass is 10.1. The molecule has 0 aliphatic heterocycles. The third-order valence-electron chi connectivity index (χ3n) is 4.58. The summed E-state index contributed by atoms with van der Waals surface area (Å²) < 4.78 is 5.18. The Labute approximate surface area is 146 Å². The van der Waals surface area contributed by atoms with Crippen molar-refractivity contribution in [2.45, 2.75) is 25.8 Å². The molecule has 0 unspecified atom stereocenters. The molecule has 6 heteroatoms. The molecule has 0 spiro atoms. The predicted octanol–water partition coefficient (Wildman–Crippen LogP) is 4.05. The third kappa shape index (κ3) is 3.63. The number of hydrogen-bond donors (Lipinski definition) is 0. The molecule has 0 aromatic heterocycles. The Kier molecular flexibility index (Phi) is 4.70. The van der Waals surface area contributed by atoms with E-state index in [4.69, 9.17) is 4.74 Å². The number of rotatable bonds is 6.